The van der Waals surface area contributed by atoms with Gasteiger partial charge in [-0.2, -0.15) is 5.10 Å². The summed E-state index contributed by atoms with van der Waals surface area (Å²) in [5, 5.41) is 7.06. The molecule has 8 heteroatoms. The van der Waals surface area contributed by atoms with E-state index in [1.54, 1.807) is 10.9 Å². The molecule has 0 unspecified atom stereocenters. The molecule has 5 N–H and O–H groups in total. The summed E-state index contributed by atoms with van der Waals surface area (Å²) in [7, 11) is 0. The molecule has 1 aliphatic carbocycles. The molecule has 1 saturated heterocycles. The molecule has 8 nitrogen and oxygen atoms in total. The van der Waals surface area contributed by atoms with Gasteiger partial charge in [-0.1, -0.05) is 29.8 Å². The van der Waals surface area contributed by atoms with E-state index >= 15 is 0 Å². The number of primary amides is 1. The van der Waals surface area contributed by atoms with Crippen molar-refractivity contribution in [2.45, 2.75) is 26.3 Å². The number of anilines is 1. The van der Waals surface area contributed by atoms with Gasteiger partial charge in [0, 0.05) is 25.0 Å². The maximum Gasteiger partial charge on any atom is 0.316 e. The normalized spacial score (nSPS) is 17.5. The first-order valence-electron chi connectivity index (χ1n) is 10.0. The van der Waals surface area contributed by atoms with Crippen LogP contribution in [0.3, 0.4) is 0 Å². The van der Waals surface area contributed by atoms with Crippen LogP contribution in [0.4, 0.5) is 16.3 Å². The van der Waals surface area contributed by atoms with Gasteiger partial charge in [0.1, 0.15) is 24.6 Å². The highest BCUT2D eigenvalue weighted by molar-refractivity contribution is 6.21. The van der Waals surface area contributed by atoms with E-state index in [9.17, 15) is 4.79 Å². The second-order valence-electron chi connectivity index (χ2n) is 7.55. The summed E-state index contributed by atoms with van der Waals surface area (Å²) in [6.45, 7) is 4.62. The number of carbonyl (C=O) groups is 1. The first kappa shape index (κ1) is 19.6. The van der Waals surface area contributed by atoms with E-state index in [1.165, 1.54) is 18.4 Å². The number of aliphatic imine (C=N–C) groups is 1. The molecule has 0 bridgehead atoms. The minimum absolute atomic E-state index is 0.462. The number of nitrogens with one attached hydrogen (secondary N) is 1. The number of carbonyl (C=O) groups excluding carboxylic acids is 1. The number of nitrogen functional groups attached to an aromatic ring is 1. The lowest BCUT2D eigenvalue weighted by Crippen LogP contribution is -2.34. The number of nitrogens with two attached hydrogens (primary N) is 2. The largest absolute Gasteiger partial charge is 0.382 e. The molecule has 30 heavy (non-hydrogen) atoms. The number of allylic oxidation sites excluding steroid dienone is 3. The Kier molecular flexibility index (Phi) is 5.47. The van der Waals surface area contributed by atoms with Crippen molar-refractivity contribution in [3.8, 4) is 0 Å². The molecule has 0 radical (unpaired) electrons. The second kappa shape index (κ2) is 8.36. The van der Waals surface area contributed by atoms with Crippen molar-refractivity contribution >= 4 is 29.0 Å². The highest BCUT2D eigenvalue weighted by Gasteiger charge is 2.22. The van der Waals surface area contributed by atoms with Gasteiger partial charge in [0.15, 0.2) is 0 Å². The number of hydrogen-bond donors (Lipinski definition) is 3. The average molecular weight is 404 g/mol. The number of benzene rings is 1. The fraction of sp³-hybridized carbons (Fsp3) is 0.273. The number of hydrogen-bond acceptors (Lipinski definition) is 4. The summed E-state index contributed by atoms with van der Waals surface area (Å²) >= 11 is 0. The van der Waals surface area contributed by atoms with Crippen molar-refractivity contribution in [1.29, 1.82) is 0 Å². The predicted molar refractivity (Wildman–Crippen MR) is 118 cm³/mol. The number of aromatic nitrogens is 2. The number of rotatable bonds is 4. The lowest BCUT2D eigenvalue weighted by Gasteiger charge is -2.12. The quantitative estimate of drug-likeness (QED) is 0.536. The Balaban J connectivity index is 1.61. The van der Waals surface area contributed by atoms with Gasteiger partial charge in [-0.05, 0) is 18.6 Å². The molecular formula is C22H26N7O+. The molecule has 0 atom stereocenters. The first-order valence-corrected chi connectivity index (χ1v) is 10.0. The van der Waals surface area contributed by atoms with Crippen molar-refractivity contribution in [2.75, 3.05) is 18.8 Å². The number of amides is 2. The van der Waals surface area contributed by atoms with Gasteiger partial charge in [-0.3, -0.25) is 0 Å². The summed E-state index contributed by atoms with van der Waals surface area (Å²) in [5.41, 5.74) is 16.7. The average Bonchev–Trinajstić information content (AvgIpc) is 3.37. The zero-order valence-corrected chi connectivity index (χ0v) is 17.0. The van der Waals surface area contributed by atoms with Crippen LogP contribution in [0, 0.1) is 6.92 Å². The van der Waals surface area contributed by atoms with Gasteiger partial charge >= 0.3 is 6.03 Å². The van der Waals surface area contributed by atoms with Crippen molar-refractivity contribution in [1.82, 2.24) is 15.1 Å². The molecule has 2 heterocycles. The first-order chi connectivity index (χ1) is 14.5. The standard InChI is InChI=1S/C22H25N7O/c1-15-4-6-16(7-5-15)14-29-21(23)20(13-25-29)26-18-9-8-17(28-10-2-3-11-28)12-19(18)27-22(24)30/h4-9,12-13H,2-3,10-11,14H2,1H3,(H4,23,24,25,27,30)/p+1. The van der Waals surface area contributed by atoms with Crippen LogP contribution in [0.1, 0.15) is 24.0 Å². The summed E-state index contributed by atoms with van der Waals surface area (Å²) in [6, 6.07) is 7.60. The smallest absolute Gasteiger partial charge is 0.316 e. The Hall–Kier alpha value is -3.68. The van der Waals surface area contributed by atoms with Crippen LogP contribution in [0.2, 0.25) is 0 Å². The Bertz CT molecular complexity index is 1080. The summed E-state index contributed by atoms with van der Waals surface area (Å²) in [6.07, 6.45) is 9.75. The van der Waals surface area contributed by atoms with Crippen molar-refractivity contribution in [2.24, 2.45) is 10.7 Å². The van der Waals surface area contributed by atoms with Crippen LogP contribution < -0.4 is 16.8 Å². The van der Waals surface area contributed by atoms with Gasteiger partial charge in [0.2, 0.25) is 5.71 Å². The second-order valence-corrected chi connectivity index (χ2v) is 7.55. The third kappa shape index (κ3) is 4.32. The molecule has 2 aliphatic rings. The van der Waals surface area contributed by atoms with Crippen LogP contribution in [0.25, 0.3) is 0 Å². The monoisotopic (exact) mass is 404 g/mol. The molecule has 1 aliphatic heterocycles. The Morgan fingerprint density at radius 1 is 1.23 bits per heavy atom. The van der Waals surface area contributed by atoms with Crippen LogP contribution in [0.5, 0.6) is 0 Å². The number of nitrogens with zero attached hydrogens (tertiary/aromatic N) is 4. The van der Waals surface area contributed by atoms with Gasteiger partial charge in [-0.15, -0.1) is 0 Å². The lowest BCUT2D eigenvalue weighted by molar-refractivity contribution is -0.504. The molecule has 1 aromatic carbocycles. The number of urea groups is 1. The molecule has 0 saturated carbocycles. The van der Waals surface area contributed by atoms with E-state index < -0.39 is 6.03 Å². The van der Waals surface area contributed by atoms with E-state index in [2.05, 4.69) is 51.2 Å². The number of aryl methyl sites for hydroxylation is 1. The Morgan fingerprint density at radius 3 is 2.67 bits per heavy atom. The van der Waals surface area contributed by atoms with E-state index in [0.717, 1.165) is 24.4 Å². The van der Waals surface area contributed by atoms with E-state index in [0.29, 0.717) is 29.5 Å². The van der Waals surface area contributed by atoms with Crippen molar-refractivity contribution < 1.29 is 9.37 Å². The SMILES string of the molecule is Cc1ccc(Cn2ncc(/N=C3/C=CC(=[N+]4CCCC4)C=C3NC(N)=O)c2N)cc1. The molecule has 2 aromatic rings. The Morgan fingerprint density at radius 2 is 1.97 bits per heavy atom. The summed E-state index contributed by atoms with van der Waals surface area (Å²) < 4.78 is 3.99. The van der Waals surface area contributed by atoms with Gasteiger partial charge < -0.3 is 16.8 Å². The summed E-state index contributed by atoms with van der Waals surface area (Å²) in [4.78, 5) is 16.2. The molecule has 1 fully saturated rings. The third-order valence-corrected chi connectivity index (χ3v) is 5.26. The molecule has 2 amide bonds. The maximum atomic E-state index is 11.5. The topological polar surface area (TPSA) is 114 Å². The minimum Gasteiger partial charge on any atom is -0.382 e. The fourth-order valence-electron chi connectivity index (χ4n) is 3.62. The zero-order chi connectivity index (χ0) is 21.1. The summed E-state index contributed by atoms with van der Waals surface area (Å²) in [5.74, 6) is 0.462. The zero-order valence-electron chi connectivity index (χ0n) is 17.0. The highest BCUT2D eigenvalue weighted by Crippen LogP contribution is 2.24. The maximum absolute atomic E-state index is 11.5. The predicted octanol–water partition coefficient (Wildman–Crippen LogP) is 2.26. The minimum atomic E-state index is -0.631. The van der Waals surface area contributed by atoms with E-state index in [-0.39, 0.29) is 0 Å². The molecule has 1 aromatic heterocycles. The van der Waals surface area contributed by atoms with Crippen LogP contribution in [-0.4, -0.2) is 44.9 Å². The molecule has 154 valence electrons. The molecule has 0 spiro atoms. The molecular weight excluding hydrogens is 378 g/mol. The van der Waals surface area contributed by atoms with Crippen LogP contribution in [0.15, 0.2) is 59.4 Å². The van der Waals surface area contributed by atoms with Crippen molar-refractivity contribution in [3.63, 3.8) is 0 Å². The van der Waals surface area contributed by atoms with Gasteiger partial charge in [-0.25, -0.2) is 19.0 Å². The van der Waals surface area contributed by atoms with Gasteiger partial charge in [0.25, 0.3) is 0 Å². The van der Waals surface area contributed by atoms with Gasteiger partial charge in [0.05, 0.1) is 24.2 Å². The fourth-order valence-corrected chi connectivity index (χ4v) is 3.62. The van der Waals surface area contributed by atoms with Crippen LogP contribution >= 0.6 is 0 Å². The highest BCUT2D eigenvalue weighted by atomic mass is 16.2. The molecule has 4 rings (SSSR count). The Labute approximate surface area is 175 Å². The van der Waals surface area contributed by atoms with E-state index in [1.807, 2.05) is 18.2 Å². The third-order valence-electron chi connectivity index (χ3n) is 5.26. The van der Waals surface area contributed by atoms with E-state index in [4.69, 9.17) is 11.5 Å². The van der Waals surface area contributed by atoms with Crippen molar-refractivity contribution in [3.05, 3.63) is 65.5 Å². The lowest BCUT2D eigenvalue weighted by atomic mass is 10.1. The van der Waals surface area contributed by atoms with Crippen LogP contribution in [-0.2, 0) is 6.54 Å².